The first-order valence-electron chi connectivity index (χ1n) is 9.86. The van der Waals surface area contributed by atoms with Crippen molar-refractivity contribution >= 4 is 43.9 Å². The van der Waals surface area contributed by atoms with Crippen molar-refractivity contribution in [2.45, 2.75) is 58.1 Å². The van der Waals surface area contributed by atoms with Crippen LogP contribution in [-0.4, -0.2) is 32.3 Å². The molecule has 4 heterocycles. The number of rotatable bonds is 4. The van der Waals surface area contributed by atoms with Crippen molar-refractivity contribution in [2.75, 3.05) is 11.9 Å². The number of nitrogens with zero attached hydrogens (tertiary/aromatic N) is 4. The molecule has 0 spiro atoms. The number of thiophene rings is 1. The van der Waals surface area contributed by atoms with Gasteiger partial charge >= 0.3 is 0 Å². The molecule has 0 saturated carbocycles. The fourth-order valence-electron chi connectivity index (χ4n) is 4.02. The molecule has 1 atom stereocenters. The quantitative estimate of drug-likeness (QED) is 0.682. The van der Waals surface area contributed by atoms with Crippen LogP contribution in [0, 0.1) is 6.92 Å². The first-order chi connectivity index (χ1) is 14.1. The molecule has 152 valence electrons. The van der Waals surface area contributed by atoms with Crippen LogP contribution in [0.4, 0.5) is 5.13 Å². The van der Waals surface area contributed by atoms with Crippen LogP contribution in [0.2, 0.25) is 0 Å². The van der Waals surface area contributed by atoms with Crippen molar-refractivity contribution in [1.29, 1.82) is 0 Å². The molecular weight excluding hydrogens is 410 g/mol. The van der Waals surface area contributed by atoms with Crippen LogP contribution < -0.4 is 10.9 Å². The van der Waals surface area contributed by atoms with Gasteiger partial charge in [0.1, 0.15) is 28.3 Å². The number of amides is 1. The van der Waals surface area contributed by atoms with Gasteiger partial charge in [-0.15, -0.1) is 21.5 Å². The Morgan fingerprint density at radius 2 is 2.10 bits per heavy atom. The van der Waals surface area contributed by atoms with Crippen LogP contribution >= 0.6 is 22.7 Å². The summed E-state index contributed by atoms with van der Waals surface area (Å²) in [5.41, 5.74) is 1.01. The standard InChI is InChI=1S/C19H21N5O3S2/c1-10-20-17-15(11-5-2-3-7-13(11)28-17)18(26)24(10)9-14(25)21-19-23-22-16(29-19)12-6-4-8-27-12/h12H,2-9H2,1H3,(H,21,23,25). The zero-order valence-corrected chi connectivity index (χ0v) is 17.7. The maximum atomic E-state index is 13.2. The largest absolute Gasteiger partial charge is 0.371 e. The van der Waals surface area contributed by atoms with E-state index in [1.165, 1.54) is 20.8 Å². The molecule has 0 bridgehead atoms. The third-order valence-corrected chi connectivity index (χ3v) is 7.58. The number of nitrogens with one attached hydrogen (secondary N) is 1. The number of aryl methyl sites for hydroxylation is 3. The number of carbonyl (C=O) groups is 1. The van der Waals surface area contributed by atoms with Crippen LogP contribution in [0.5, 0.6) is 0 Å². The van der Waals surface area contributed by atoms with Crippen molar-refractivity contribution in [2.24, 2.45) is 0 Å². The molecule has 10 heteroatoms. The molecule has 2 aliphatic rings. The average Bonchev–Trinajstić information content (AvgIpc) is 3.43. The summed E-state index contributed by atoms with van der Waals surface area (Å²) in [7, 11) is 0. The van der Waals surface area contributed by atoms with E-state index in [0.717, 1.165) is 60.5 Å². The third-order valence-electron chi connectivity index (χ3n) is 5.46. The van der Waals surface area contributed by atoms with Gasteiger partial charge in [0.05, 0.1) is 5.39 Å². The van der Waals surface area contributed by atoms with Crippen molar-refractivity contribution in [3.63, 3.8) is 0 Å². The van der Waals surface area contributed by atoms with E-state index >= 15 is 0 Å². The molecule has 1 amide bonds. The minimum Gasteiger partial charge on any atom is -0.371 e. The lowest BCUT2D eigenvalue weighted by Gasteiger charge is -2.11. The summed E-state index contributed by atoms with van der Waals surface area (Å²) in [6, 6.07) is 0. The van der Waals surface area contributed by atoms with Gasteiger partial charge in [0.25, 0.3) is 5.56 Å². The molecule has 0 aromatic carbocycles. The first-order valence-corrected chi connectivity index (χ1v) is 11.5. The lowest BCUT2D eigenvalue weighted by Crippen LogP contribution is -2.30. The van der Waals surface area contributed by atoms with Crippen LogP contribution in [0.3, 0.4) is 0 Å². The van der Waals surface area contributed by atoms with Gasteiger partial charge in [-0.1, -0.05) is 11.3 Å². The maximum Gasteiger partial charge on any atom is 0.263 e. The fourth-order valence-corrected chi connectivity index (χ4v) is 6.16. The Morgan fingerprint density at radius 1 is 1.24 bits per heavy atom. The molecule has 1 unspecified atom stereocenters. The van der Waals surface area contributed by atoms with Gasteiger partial charge in [-0.3, -0.25) is 19.5 Å². The van der Waals surface area contributed by atoms with Crippen molar-refractivity contribution in [1.82, 2.24) is 19.7 Å². The number of hydrogen-bond acceptors (Lipinski definition) is 8. The zero-order valence-electron chi connectivity index (χ0n) is 16.1. The Bertz CT molecular complexity index is 1140. The number of carbonyl (C=O) groups excluding carboxylic acids is 1. The summed E-state index contributed by atoms with van der Waals surface area (Å²) in [5, 5.41) is 12.8. The predicted molar refractivity (Wildman–Crippen MR) is 112 cm³/mol. The lowest BCUT2D eigenvalue weighted by molar-refractivity contribution is -0.116. The fraction of sp³-hybridized carbons (Fsp3) is 0.526. The van der Waals surface area contributed by atoms with Crippen LogP contribution in [-0.2, 0) is 28.9 Å². The van der Waals surface area contributed by atoms with Crippen LogP contribution in [0.1, 0.15) is 53.1 Å². The number of fused-ring (bicyclic) bond motifs is 3. The Hall–Kier alpha value is -2.17. The number of hydrogen-bond donors (Lipinski definition) is 1. The highest BCUT2D eigenvalue weighted by atomic mass is 32.1. The molecule has 8 nitrogen and oxygen atoms in total. The molecule has 1 aliphatic heterocycles. The molecule has 1 saturated heterocycles. The van der Waals surface area contributed by atoms with Gasteiger partial charge in [-0.25, -0.2) is 4.98 Å². The maximum absolute atomic E-state index is 13.2. The molecule has 3 aromatic heterocycles. The van der Waals surface area contributed by atoms with Crippen LogP contribution in [0.15, 0.2) is 4.79 Å². The molecule has 3 aromatic rings. The second kappa shape index (κ2) is 7.58. The molecule has 1 N–H and O–H groups in total. The van der Waals surface area contributed by atoms with Gasteiger partial charge in [0, 0.05) is 11.5 Å². The van der Waals surface area contributed by atoms with Crippen molar-refractivity contribution < 1.29 is 9.53 Å². The minimum absolute atomic E-state index is 0.0283. The highest BCUT2D eigenvalue weighted by Crippen LogP contribution is 2.34. The number of anilines is 1. The Morgan fingerprint density at radius 3 is 2.93 bits per heavy atom. The monoisotopic (exact) mass is 431 g/mol. The molecule has 5 rings (SSSR count). The molecule has 29 heavy (non-hydrogen) atoms. The average molecular weight is 432 g/mol. The Kier molecular flexibility index (Phi) is 4.92. The third kappa shape index (κ3) is 3.49. The van der Waals surface area contributed by atoms with Gasteiger partial charge < -0.3 is 4.74 Å². The van der Waals surface area contributed by atoms with E-state index in [-0.39, 0.29) is 24.1 Å². The van der Waals surface area contributed by atoms with Crippen LogP contribution in [0.25, 0.3) is 10.2 Å². The van der Waals surface area contributed by atoms with E-state index in [0.29, 0.717) is 16.3 Å². The normalized spacial score (nSPS) is 18.9. The van der Waals surface area contributed by atoms with Crippen molar-refractivity contribution in [3.05, 3.63) is 31.6 Å². The summed E-state index contributed by atoms with van der Waals surface area (Å²) >= 11 is 2.94. The second-order valence-corrected chi connectivity index (χ2v) is 9.53. The highest BCUT2D eigenvalue weighted by Gasteiger charge is 2.24. The smallest absolute Gasteiger partial charge is 0.263 e. The SMILES string of the molecule is Cc1nc2sc3c(c2c(=O)n1CC(=O)Nc1nnc(C2CCCO2)s1)CCCC3. The summed E-state index contributed by atoms with van der Waals surface area (Å²) in [6.45, 7) is 2.41. The van der Waals surface area contributed by atoms with Gasteiger partial charge in [0.2, 0.25) is 11.0 Å². The van der Waals surface area contributed by atoms with E-state index in [1.807, 2.05) is 0 Å². The van der Waals surface area contributed by atoms with Gasteiger partial charge in [-0.05, 0) is 51.0 Å². The molecule has 0 radical (unpaired) electrons. The second-order valence-electron chi connectivity index (χ2n) is 7.44. The lowest BCUT2D eigenvalue weighted by atomic mass is 9.97. The summed E-state index contributed by atoms with van der Waals surface area (Å²) in [5.74, 6) is 0.240. The summed E-state index contributed by atoms with van der Waals surface area (Å²) < 4.78 is 7.07. The minimum atomic E-state index is -0.310. The van der Waals surface area contributed by atoms with E-state index < -0.39 is 0 Å². The van der Waals surface area contributed by atoms with Crippen molar-refractivity contribution in [3.8, 4) is 0 Å². The van der Waals surface area contributed by atoms with E-state index in [1.54, 1.807) is 18.3 Å². The van der Waals surface area contributed by atoms with Gasteiger partial charge in [-0.2, -0.15) is 0 Å². The summed E-state index contributed by atoms with van der Waals surface area (Å²) in [6.07, 6.45) is 6.09. The van der Waals surface area contributed by atoms with E-state index in [9.17, 15) is 9.59 Å². The molecule has 1 aliphatic carbocycles. The number of aromatic nitrogens is 4. The highest BCUT2D eigenvalue weighted by molar-refractivity contribution is 7.18. The topological polar surface area (TPSA) is 99.0 Å². The Balaban J connectivity index is 1.38. The van der Waals surface area contributed by atoms with E-state index in [4.69, 9.17) is 4.74 Å². The molecular formula is C19H21N5O3S2. The predicted octanol–water partition coefficient (Wildman–Crippen LogP) is 2.99. The molecule has 1 fully saturated rings. The Labute approximate surface area is 174 Å². The van der Waals surface area contributed by atoms with E-state index in [2.05, 4.69) is 20.5 Å². The number of ether oxygens (including phenoxy) is 1. The van der Waals surface area contributed by atoms with Gasteiger partial charge in [0.15, 0.2) is 0 Å². The summed E-state index contributed by atoms with van der Waals surface area (Å²) in [4.78, 5) is 32.4. The first kappa shape index (κ1) is 18.8. The zero-order chi connectivity index (χ0) is 20.0.